The normalized spacial score (nSPS) is 10.9. The first-order valence-corrected chi connectivity index (χ1v) is 7.19. The Balaban J connectivity index is 2.23. The molecule has 0 aliphatic carbocycles. The smallest absolute Gasteiger partial charge is 0.137 e. The van der Waals surface area contributed by atoms with Crippen LogP contribution in [0.4, 0.5) is 0 Å². The molecule has 19 heavy (non-hydrogen) atoms. The first kappa shape index (κ1) is 14.7. The standard InChI is InChI=1S/C14H14Cl3NO/c1-2-5-18-8-10-3-4-13(19-10)14-11(16)6-9(15)7-12(14)17/h3-4,6-7,18H,2,5,8H2,1H3. The van der Waals surface area contributed by atoms with Crippen molar-refractivity contribution in [1.82, 2.24) is 5.32 Å². The SMILES string of the molecule is CCCNCc1ccc(-c2c(Cl)cc(Cl)cc2Cl)o1. The molecule has 2 aromatic rings. The summed E-state index contributed by atoms with van der Waals surface area (Å²) in [6, 6.07) is 7.09. The number of halogens is 3. The largest absolute Gasteiger partial charge is 0.460 e. The van der Waals surface area contributed by atoms with Gasteiger partial charge in [0.1, 0.15) is 11.5 Å². The lowest BCUT2D eigenvalue weighted by atomic mass is 10.2. The highest BCUT2D eigenvalue weighted by Crippen LogP contribution is 2.37. The monoisotopic (exact) mass is 317 g/mol. The summed E-state index contributed by atoms with van der Waals surface area (Å²) in [5, 5.41) is 4.76. The van der Waals surface area contributed by atoms with Crippen molar-refractivity contribution < 1.29 is 4.42 Å². The molecular formula is C14H14Cl3NO. The van der Waals surface area contributed by atoms with Gasteiger partial charge in [0.25, 0.3) is 0 Å². The number of hydrogen-bond acceptors (Lipinski definition) is 2. The van der Waals surface area contributed by atoms with Crippen LogP contribution in [0, 0.1) is 0 Å². The zero-order valence-corrected chi connectivity index (χ0v) is 12.7. The van der Waals surface area contributed by atoms with Crippen LogP contribution in [0.3, 0.4) is 0 Å². The number of rotatable bonds is 5. The van der Waals surface area contributed by atoms with Crippen molar-refractivity contribution in [3.05, 3.63) is 45.1 Å². The Morgan fingerprint density at radius 2 is 1.79 bits per heavy atom. The third-order valence-electron chi connectivity index (χ3n) is 2.64. The van der Waals surface area contributed by atoms with Gasteiger partial charge in [0.15, 0.2) is 0 Å². The Bertz CT molecular complexity index is 543. The van der Waals surface area contributed by atoms with Gasteiger partial charge in [-0.2, -0.15) is 0 Å². The molecule has 1 aromatic heterocycles. The maximum atomic E-state index is 6.16. The Morgan fingerprint density at radius 3 is 2.42 bits per heavy atom. The molecule has 0 bridgehead atoms. The molecule has 0 fully saturated rings. The number of nitrogens with one attached hydrogen (secondary N) is 1. The van der Waals surface area contributed by atoms with Crippen LogP contribution in [-0.2, 0) is 6.54 Å². The van der Waals surface area contributed by atoms with Crippen LogP contribution < -0.4 is 5.32 Å². The molecule has 0 spiro atoms. The third kappa shape index (κ3) is 3.67. The van der Waals surface area contributed by atoms with E-state index in [1.807, 2.05) is 12.1 Å². The van der Waals surface area contributed by atoms with Gasteiger partial charge in [-0.05, 0) is 37.2 Å². The quantitative estimate of drug-likeness (QED) is 0.746. The maximum absolute atomic E-state index is 6.16. The highest BCUT2D eigenvalue weighted by atomic mass is 35.5. The van der Waals surface area contributed by atoms with E-state index >= 15 is 0 Å². The van der Waals surface area contributed by atoms with E-state index in [2.05, 4.69) is 12.2 Å². The second kappa shape index (κ2) is 6.67. The molecule has 1 N–H and O–H groups in total. The van der Waals surface area contributed by atoms with E-state index in [1.54, 1.807) is 12.1 Å². The Morgan fingerprint density at radius 1 is 1.11 bits per heavy atom. The molecule has 2 nitrogen and oxygen atoms in total. The van der Waals surface area contributed by atoms with Gasteiger partial charge in [-0.25, -0.2) is 0 Å². The number of furan rings is 1. The minimum atomic E-state index is 0.486. The topological polar surface area (TPSA) is 25.2 Å². The summed E-state index contributed by atoms with van der Waals surface area (Å²) in [7, 11) is 0. The summed E-state index contributed by atoms with van der Waals surface area (Å²) in [6.07, 6.45) is 1.09. The van der Waals surface area contributed by atoms with Crippen molar-refractivity contribution >= 4 is 34.8 Å². The lowest BCUT2D eigenvalue weighted by molar-refractivity contribution is 0.493. The van der Waals surface area contributed by atoms with Crippen LogP contribution >= 0.6 is 34.8 Å². The predicted molar refractivity (Wildman–Crippen MR) is 81.2 cm³/mol. The van der Waals surface area contributed by atoms with E-state index in [0.29, 0.717) is 32.9 Å². The fourth-order valence-electron chi connectivity index (χ4n) is 1.77. The first-order chi connectivity index (χ1) is 9.11. The summed E-state index contributed by atoms with van der Waals surface area (Å²) >= 11 is 18.2. The van der Waals surface area contributed by atoms with Crippen LogP contribution in [0.15, 0.2) is 28.7 Å². The van der Waals surface area contributed by atoms with Gasteiger partial charge in [-0.3, -0.25) is 0 Å². The molecule has 0 radical (unpaired) electrons. The first-order valence-electron chi connectivity index (χ1n) is 6.06. The predicted octanol–water partition coefficient (Wildman–Crippen LogP) is 5.41. The molecule has 1 heterocycles. The lowest BCUT2D eigenvalue weighted by Crippen LogP contribution is -2.12. The van der Waals surface area contributed by atoms with Crippen LogP contribution in [0.1, 0.15) is 19.1 Å². The summed E-state index contributed by atoms with van der Waals surface area (Å²) in [5.74, 6) is 1.51. The summed E-state index contributed by atoms with van der Waals surface area (Å²) in [4.78, 5) is 0. The zero-order valence-electron chi connectivity index (χ0n) is 10.5. The van der Waals surface area contributed by atoms with E-state index in [0.717, 1.165) is 18.7 Å². The third-order valence-corrected chi connectivity index (χ3v) is 3.46. The van der Waals surface area contributed by atoms with E-state index in [4.69, 9.17) is 39.2 Å². The average molecular weight is 319 g/mol. The molecule has 0 aliphatic rings. The van der Waals surface area contributed by atoms with Gasteiger partial charge >= 0.3 is 0 Å². The number of hydrogen-bond donors (Lipinski definition) is 1. The molecule has 0 saturated heterocycles. The van der Waals surface area contributed by atoms with Crippen molar-refractivity contribution in [2.75, 3.05) is 6.54 Å². The molecule has 2 rings (SSSR count). The summed E-state index contributed by atoms with van der Waals surface area (Å²) < 4.78 is 5.74. The highest BCUT2D eigenvalue weighted by molar-refractivity contribution is 6.41. The van der Waals surface area contributed by atoms with E-state index in [-0.39, 0.29) is 0 Å². The van der Waals surface area contributed by atoms with E-state index in [9.17, 15) is 0 Å². The molecular weight excluding hydrogens is 305 g/mol. The summed E-state index contributed by atoms with van der Waals surface area (Å²) in [5.41, 5.74) is 0.675. The van der Waals surface area contributed by atoms with Crippen molar-refractivity contribution in [3.63, 3.8) is 0 Å². The second-order valence-electron chi connectivity index (χ2n) is 4.19. The fourth-order valence-corrected chi connectivity index (χ4v) is 2.78. The van der Waals surface area contributed by atoms with Crippen LogP contribution in [0.5, 0.6) is 0 Å². The molecule has 0 amide bonds. The van der Waals surface area contributed by atoms with Crippen molar-refractivity contribution in [2.45, 2.75) is 19.9 Å². The second-order valence-corrected chi connectivity index (χ2v) is 5.44. The van der Waals surface area contributed by atoms with Crippen molar-refractivity contribution in [1.29, 1.82) is 0 Å². The van der Waals surface area contributed by atoms with Gasteiger partial charge in [-0.1, -0.05) is 41.7 Å². The van der Waals surface area contributed by atoms with Gasteiger partial charge in [0, 0.05) is 5.02 Å². The van der Waals surface area contributed by atoms with Crippen molar-refractivity contribution in [2.24, 2.45) is 0 Å². The fraction of sp³-hybridized carbons (Fsp3) is 0.286. The zero-order chi connectivity index (χ0) is 13.8. The van der Waals surface area contributed by atoms with Crippen molar-refractivity contribution in [3.8, 4) is 11.3 Å². The highest BCUT2D eigenvalue weighted by Gasteiger charge is 2.13. The Hall–Kier alpha value is -0.670. The Labute approximate surface area is 127 Å². The minimum Gasteiger partial charge on any atom is -0.460 e. The van der Waals surface area contributed by atoms with Gasteiger partial charge in [0.2, 0.25) is 0 Å². The van der Waals surface area contributed by atoms with Crippen LogP contribution in [-0.4, -0.2) is 6.54 Å². The lowest BCUT2D eigenvalue weighted by Gasteiger charge is -2.05. The average Bonchev–Trinajstić information content (AvgIpc) is 2.76. The molecule has 0 aliphatic heterocycles. The molecule has 5 heteroatoms. The summed E-state index contributed by atoms with van der Waals surface area (Å²) in [6.45, 7) is 3.77. The number of benzene rings is 1. The van der Waals surface area contributed by atoms with Crippen LogP contribution in [0.25, 0.3) is 11.3 Å². The van der Waals surface area contributed by atoms with E-state index in [1.165, 1.54) is 0 Å². The molecule has 1 aromatic carbocycles. The molecule has 0 atom stereocenters. The molecule has 0 saturated carbocycles. The van der Waals surface area contributed by atoms with Gasteiger partial charge < -0.3 is 9.73 Å². The van der Waals surface area contributed by atoms with Crippen LogP contribution in [0.2, 0.25) is 15.1 Å². The maximum Gasteiger partial charge on any atom is 0.137 e. The minimum absolute atomic E-state index is 0.486. The van der Waals surface area contributed by atoms with Gasteiger partial charge in [0.05, 0.1) is 22.2 Å². The van der Waals surface area contributed by atoms with Gasteiger partial charge in [-0.15, -0.1) is 0 Å². The Kier molecular flexibility index (Phi) is 5.17. The van der Waals surface area contributed by atoms with E-state index < -0.39 is 0 Å². The molecule has 102 valence electrons. The molecule has 0 unspecified atom stereocenters.